The Balaban J connectivity index is 0.000000771. The van der Waals surface area contributed by atoms with E-state index in [4.69, 9.17) is 0 Å². The second-order valence-corrected chi connectivity index (χ2v) is 4.77. The quantitative estimate of drug-likeness (QED) is 0.793. The van der Waals surface area contributed by atoms with E-state index in [0.29, 0.717) is 0 Å². The van der Waals surface area contributed by atoms with Crippen molar-refractivity contribution in [3.63, 3.8) is 0 Å². The van der Waals surface area contributed by atoms with Crippen LogP contribution in [0.5, 0.6) is 0 Å². The summed E-state index contributed by atoms with van der Waals surface area (Å²) in [5, 5.41) is 0. The molecular formula is C16H28N2. The lowest BCUT2D eigenvalue weighted by molar-refractivity contribution is 0.196. The molecule has 1 aromatic rings. The number of nitrogens with zero attached hydrogens (tertiary/aromatic N) is 2. The van der Waals surface area contributed by atoms with Crippen molar-refractivity contribution < 1.29 is 0 Å². The Morgan fingerprint density at radius 3 is 2.00 bits per heavy atom. The lowest BCUT2D eigenvalue weighted by Crippen LogP contribution is -2.34. The molecule has 102 valence electrons. The number of hydrogen-bond donors (Lipinski definition) is 0. The summed E-state index contributed by atoms with van der Waals surface area (Å²) >= 11 is 0. The van der Waals surface area contributed by atoms with Crippen molar-refractivity contribution in [2.24, 2.45) is 0 Å². The van der Waals surface area contributed by atoms with Crippen molar-refractivity contribution in [3.05, 3.63) is 35.9 Å². The van der Waals surface area contributed by atoms with Gasteiger partial charge in [-0.1, -0.05) is 44.2 Å². The van der Waals surface area contributed by atoms with E-state index in [9.17, 15) is 0 Å². The first-order valence-electron chi connectivity index (χ1n) is 7.29. The fraction of sp³-hybridized carbons (Fsp3) is 0.625. The molecule has 0 radical (unpaired) electrons. The van der Waals surface area contributed by atoms with E-state index in [2.05, 4.69) is 47.2 Å². The van der Waals surface area contributed by atoms with E-state index in [1.165, 1.54) is 44.6 Å². The third-order valence-electron chi connectivity index (χ3n) is 3.28. The molecule has 0 unspecified atom stereocenters. The lowest BCUT2D eigenvalue weighted by Gasteiger charge is -2.28. The molecule has 1 fully saturated rings. The molecule has 1 aliphatic rings. The van der Waals surface area contributed by atoms with Gasteiger partial charge in [-0.25, -0.2) is 0 Å². The molecule has 1 aliphatic heterocycles. The largest absolute Gasteiger partial charge is 0.306 e. The van der Waals surface area contributed by atoms with Gasteiger partial charge < -0.3 is 4.90 Å². The van der Waals surface area contributed by atoms with Crippen LogP contribution in [0.3, 0.4) is 0 Å². The molecule has 2 nitrogen and oxygen atoms in total. The Morgan fingerprint density at radius 1 is 0.889 bits per heavy atom. The van der Waals surface area contributed by atoms with Crippen molar-refractivity contribution in [3.8, 4) is 0 Å². The summed E-state index contributed by atoms with van der Waals surface area (Å²) in [6.07, 6.45) is 2.59. The lowest BCUT2D eigenvalue weighted by atomic mass is 10.2. The maximum absolute atomic E-state index is 2.59. The van der Waals surface area contributed by atoms with Crippen molar-refractivity contribution in [1.29, 1.82) is 0 Å². The molecule has 1 heterocycles. The van der Waals surface area contributed by atoms with Crippen LogP contribution < -0.4 is 0 Å². The maximum Gasteiger partial charge on any atom is 0.0233 e. The highest BCUT2D eigenvalue weighted by Gasteiger charge is 2.10. The van der Waals surface area contributed by atoms with Gasteiger partial charge in [-0.15, -0.1) is 0 Å². The summed E-state index contributed by atoms with van der Waals surface area (Å²) in [7, 11) is 2.23. The molecule has 0 aromatic heterocycles. The number of benzene rings is 1. The molecule has 2 heteroatoms. The summed E-state index contributed by atoms with van der Waals surface area (Å²) in [5.74, 6) is 0. The highest BCUT2D eigenvalue weighted by Crippen LogP contribution is 2.08. The van der Waals surface area contributed by atoms with Gasteiger partial charge in [-0.3, -0.25) is 4.90 Å². The van der Waals surface area contributed by atoms with Crippen LogP contribution in [0, 0.1) is 0 Å². The molecule has 0 saturated carbocycles. The van der Waals surface area contributed by atoms with Gasteiger partial charge in [0, 0.05) is 6.54 Å². The van der Waals surface area contributed by atoms with Crippen LogP contribution >= 0.6 is 0 Å². The maximum atomic E-state index is 2.59. The summed E-state index contributed by atoms with van der Waals surface area (Å²) in [5.41, 5.74) is 1.44. The Bertz CT molecular complexity index is 287. The summed E-state index contributed by atoms with van der Waals surface area (Å²) in [6, 6.07) is 10.8. The molecular weight excluding hydrogens is 220 g/mol. The van der Waals surface area contributed by atoms with Gasteiger partial charge in [0.05, 0.1) is 0 Å². The van der Waals surface area contributed by atoms with Gasteiger partial charge in [-0.2, -0.15) is 0 Å². The van der Waals surface area contributed by atoms with Crippen LogP contribution in [0.4, 0.5) is 0 Å². The summed E-state index contributed by atoms with van der Waals surface area (Å²) in [4.78, 5) is 5.03. The predicted molar refractivity (Wildman–Crippen MR) is 79.8 cm³/mol. The second kappa shape index (κ2) is 9.12. The fourth-order valence-corrected chi connectivity index (χ4v) is 2.35. The smallest absolute Gasteiger partial charge is 0.0233 e. The van der Waals surface area contributed by atoms with Gasteiger partial charge >= 0.3 is 0 Å². The van der Waals surface area contributed by atoms with E-state index in [1.54, 1.807) is 0 Å². The van der Waals surface area contributed by atoms with Gasteiger partial charge in [0.1, 0.15) is 0 Å². The van der Waals surface area contributed by atoms with E-state index >= 15 is 0 Å². The van der Waals surface area contributed by atoms with E-state index in [0.717, 1.165) is 6.54 Å². The first kappa shape index (κ1) is 15.2. The first-order valence-corrected chi connectivity index (χ1v) is 7.29. The average molecular weight is 248 g/mol. The molecule has 0 N–H and O–H groups in total. The molecule has 1 aromatic carbocycles. The molecule has 0 spiro atoms. The number of rotatable bonds is 2. The van der Waals surface area contributed by atoms with Crippen LogP contribution in [-0.4, -0.2) is 43.0 Å². The minimum Gasteiger partial charge on any atom is -0.306 e. The van der Waals surface area contributed by atoms with Crippen LogP contribution in [0.25, 0.3) is 0 Å². The van der Waals surface area contributed by atoms with E-state index < -0.39 is 0 Å². The van der Waals surface area contributed by atoms with E-state index in [1.807, 2.05) is 13.8 Å². The highest BCUT2D eigenvalue weighted by atomic mass is 15.2. The molecule has 1 saturated heterocycles. The first-order chi connectivity index (χ1) is 8.84. The Morgan fingerprint density at radius 2 is 1.44 bits per heavy atom. The summed E-state index contributed by atoms with van der Waals surface area (Å²) in [6.45, 7) is 10.1. The Kier molecular flexibility index (Phi) is 7.70. The van der Waals surface area contributed by atoms with Crippen LogP contribution in [-0.2, 0) is 6.54 Å². The SMILES string of the molecule is CC.CN1CCCN(Cc2ccccc2)CCC1. The van der Waals surface area contributed by atoms with Gasteiger partial charge in [0.25, 0.3) is 0 Å². The zero-order valence-electron chi connectivity index (χ0n) is 12.2. The monoisotopic (exact) mass is 248 g/mol. The number of hydrogen-bond acceptors (Lipinski definition) is 2. The minimum absolute atomic E-state index is 1.12. The summed E-state index contributed by atoms with van der Waals surface area (Å²) < 4.78 is 0. The predicted octanol–water partition coefficient (Wildman–Crippen LogP) is 3.24. The van der Waals surface area contributed by atoms with Crippen molar-refractivity contribution in [2.75, 3.05) is 33.2 Å². The van der Waals surface area contributed by atoms with Gasteiger partial charge in [0.15, 0.2) is 0 Å². The zero-order chi connectivity index (χ0) is 13.2. The molecule has 0 atom stereocenters. The van der Waals surface area contributed by atoms with Crippen LogP contribution in [0.1, 0.15) is 32.3 Å². The highest BCUT2D eigenvalue weighted by molar-refractivity contribution is 5.14. The Hall–Kier alpha value is -0.860. The third kappa shape index (κ3) is 5.65. The second-order valence-electron chi connectivity index (χ2n) is 4.77. The third-order valence-corrected chi connectivity index (χ3v) is 3.28. The molecule has 2 rings (SSSR count). The molecule has 18 heavy (non-hydrogen) atoms. The van der Waals surface area contributed by atoms with Crippen LogP contribution in [0.15, 0.2) is 30.3 Å². The van der Waals surface area contributed by atoms with Crippen molar-refractivity contribution in [2.45, 2.75) is 33.2 Å². The molecule has 0 bridgehead atoms. The van der Waals surface area contributed by atoms with Crippen molar-refractivity contribution in [1.82, 2.24) is 9.80 Å². The Labute approximate surface area is 113 Å². The minimum atomic E-state index is 1.12. The topological polar surface area (TPSA) is 6.48 Å². The van der Waals surface area contributed by atoms with Crippen LogP contribution in [0.2, 0.25) is 0 Å². The van der Waals surface area contributed by atoms with Gasteiger partial charge in [0.2, 0.25) is 0 Å². The fourth-order valence-electron chi connectivity index (χ4n) is 2.35. The zero-order valence-corrected chi connectivity index (χ0v) is 12.2. The standard InChI is InChI=1S/C14H22N2.C2H6/c1-15-9-5-11-16(12-6-10-15)13-14-7-3-2-4-8-14;1-2/h2-4,7-8H,5-6,9-13H2,1H3;1-2H3. The molecule has 0 aliphatic carbocycles. The average Bonchev–Trinajstić information content (AvgIpc) is 2.39. The normalized spacial score (nSPS) is 18.4. The van der Waals surface area contributed by atoms with E-state index in [-0.39, 0.29) is 0 Å². The van der Waals surface area contributed by atoms with Gasteiger partial charge in [-0.05, 0) is 51.6 Å². The molecule has 0 amide bonds. The van der Waals surface area contributed by atoms with Crippen molar-refractivity contribution >= 4 is 0 Å².